The van der Waals surface area contributed by atoms with Crippen LogP contribution in [0.4, 0.5) is 0 Å². The predicted molar refractivity (Wildman–Crippen MR) is 84.6 cm³/mol. The smallest absolute Gasteiger partial charge is 0.326 e. The Morgan fingerprint density at radius 3 is 2.67 bits per heavy atom. The maximum Gasteiger partial charge on any atom is 0.326 e. The van der Waals surface area contributed by atoms with Crippen molar-refractivity contribution in [3.05, 3.63) is 39.9 Å². The Morgan fingerprint density at radius 2 is 2.10 bits per heavy atom. The molecule has 2 N–H and O–H groups in total. The zero-order valence-electron chi connectivity index (χ0n) is 11.6. The van der Waals surface area contributed by atoms with Crippen molar-refractivity contribution >= 4 is 41.2 Å². The van der Waals surface area contributed by atoms with Crippen LogP contribution in [0.1, 0.15) is 31.7 Å². The minimum Gasteiger partial charge on any atom is -0.480 e. The van der Waals surface area contributed by atoms with E-state index in [4.69, 9.17) is 28.3 Å². The first-order valence-corrected chi connectivity index (χ1v) is 7.36. The number of halogens is 2. The maximum absolute atomic E-state index is 11.7. The Balaban J connectivity index is 2.66. The maximum atomic E-state index is 11.7. The summed E-state index contributed by atoms with van der Waals surface area (Å²) < 4.78 is 0. The van der Waals surface area contributed by atoms with Crippen LogP contribution in [0, 0.1) is 0 Å². The molecular weight excluding hydrogens is 313 g/mol. The van der Waals surface area contributed by atoms with Crippen molar-refractivity contribution in [2.75, 3.05) is 0 Å². The molecule has 0 aliphatic rings. The lowest BCUT2D eigenvalue weighted by atomic mass is 10.1. The highest BCUT2D eigenvalue weighted by atomic mass is 35.5. The summed E-state index contributed by atoms with van der Waals surface area (Å²) in [5.41, 5.74) is 0.636. The molecule has 0 heterocycles. The fraction of sp³-hybridized carbons (Fsp3) is 0.333. The lowest BCUT2D eigenvalue weighted by molar-refractivity contribution is -0.141. The van der Waals surface area contributed by atoms with E-state index >= 15 is 0 Å². The molecule has 0 saturated heterocycles. The Bertz CT molecular complexity index is 544. The third-order valence-electron chi connectivity index (χ3n) is 2.84. The van der Waals surface area contributed by atoms with Gasteiger partial charge in [0.1, 0.15) is 6.04 Å². The van der Waals surface area contributed by atoms with Gasteiger partial charge in [-0.2, -0.15) is 0 Å². The summed E-state index contributed by atoms with van der Waals surface area (Å²) in [5.74, 6) is -1.50. The summed E-state index contributed by atoms with van der Waals surface area (Å²) in [5, 5.41) is 12.4. The van der Waals surface area contributed by atoms with Crippen LogP contribution >= 0.6 is 23.2 Å². The van der Waals surface area contributed by atoms with Crippen molar-refractivity contribution < 1.29 is 14.7 Å². The van der Waals surface area contributed by atoms with Gasteiger partial charge in [-0.25, -0.2) is 4.79 Å². The molecule has 0 aliphatic heterocycles. The van der Waals surface area contributed by atoms with E-state index in [0.29, 0.717) is 22.0 Å². The van der Waals surface area contributed by atoms with Gasteiger partial charge in [0.25, 0.3) is 0 Å². The Labute approximate surface area is 133 Å². The molecule has 0 saturated carbocycles. The first kappa shape index (κ1) is 17.5. The number of benzene rings is 1. The zero-order chi connectivity index (χ0) is 15.8. The Kier molecular flexibility index (Phi) is 7.26. The normalized spacial score (nSPS) is 12.3. The van der Waals surface area contributed by atoms with E-state index in [-0.39, 0.29) is 0 Å². The van der Waals surface area contributed by atoms with Gasteiger partial charge in [-0.05, 0) is 30.2 Å². The van der Waals surface area contributed by atoms with Crippen LogP contribution in [0.2, 0.25) is 10.0 Å². The molecule has 0 radical (unpaired) electrons. The second kappa shape index (κ2) is 8.70. The molecular formula is C15H17Cl2NO3. The SMILES string of the molecule is CCCCC(NC(=O)/C=C/c1ccc(Cl)cc1Cl)C(=O)O. The van der Waals surface area contributed by atoms with Crippen LogP contribution in [0.5, 0.6) is 0 Å². The highest BCUT2D eigenvalue weighted by molar-refractivity contribution is 6.35. The predicted octanol–water partition coefficient (Wildman–Crippen LogP) is 3.77. The second-order valence-electron chi connectivity index (χ2n) is 4.54. The molecule has 0 bridgehead atoms. The van der Waals surface area contributed by atoms with E-state index in [9.17, 15) is 9.59 Å². The topological polar surface area (TPSA) is 66.4 Å². The van der Waals surface area contributed by atoms with Crippen LogP contribution < -0.4 is 5.32 Å². The molecule has 4 nitrogen and oxygen atoms in total. The molecule has 0 aromatic heterocycles. The van der Waals surface area contributed by atoms with Crippen molar-refractivity contribution in [1.29, 1.82) is 0 Å². The third-order valence-corrected chi connectivity index (χ3v) is 3.40. The van der Waals surface area contributed by atoms with Gasteiger partial charge in [-0.1, -0.05) is 49.0 Å². The van der Waals surface area contributed by atoms with Crippen LogP contribution in [0.3, 0.4) is 0 Å². The van der Waals surface area contributed by atoms with Gasteiger partial charge >= 0.3 is 5.97 Å². The van der Waals surface area contributed by atoms with Crippen LogP contribution in [-0.4, -0.2) is 23.0 Å². The summed E-state index contributed by atoms with van der Waals surface area (Å²) >= 11 is 11.8. The number of hydrogen-bond donors (Lipinski definition) is 2. The minimum absolute atomic E-state index is 0.410. The first-order valence-electron chi connectivity index (χ1n) is 6.60. The monoisotopic (exact) mass is 329 g/mol. The molecule has 21 heavy (non-hydrogen) atoms. The van der Waals surface area contributed by atoms with Gasteiger partial charge in [-0.15, -0.1) is 0 Å². The second-order valence-corrected chi connectivity index (χ2v) is 5.38. The minimum atomic E-state index is -1.03. The molecule has 114 valence electrons. The Morgan fingerprint density at radius 1 is 1.38 bits per heavy atom. The number of unbranched alkanes of at least 4 members (excludes halogenated alkanes) is 1. The highest BCUT2D eigenvalue weighted by Gasteiger charge is 2.17. The number of carboxylic acids is 1. The van der Waals surface area contributed by atoms with Crippen molar-refractivity contribution in [3.63, 3.8) is 0 Å². The van der Waals surface area contributed by atoms with Crippen LogP contribution in [-0.2, 0) is 9.59 Å². The van der Waals surface area contributed by atoms with E-state index in [1.807, 2.05) is 6.92 Å². The lowest BCUT2D eigenvalue weighted by Gasteiger charge is -2.12. The van der Waals surface area contributed by atoms with Crippen molar-refractivity contribution in [2.24, 2.45) is 0 Å². The summed E-state index contributed by atoms with van der Waals surface area (Å²) in [7, 11) is 0. The Hall–Kier alpha value is -1.52. The quantitative estimate of drug-likeness (QED) is 0.748. The molecule has 0 aliphatic carbocycles. The summed E-state index contributed by atoms with van der Waals surface area (Å²) in [6.07, 6.45) is 4.80. The number of rotatable bonds is 7. The third kappa shape index (κ3) is 6.19. The molecule has 1 unspecified atom stereocenters. The number of carboxylic acid groups (broad SMARTS) is 1. The average molecular weight is 330 g/mol. The number of nitrogens with one attached hydrogen (secondary N) is 1. The number of hydrogen-bond acceptors (Lipinski definition) is 2. The van der Waals surface area contributed by atoms with E-state index < -0.39 is 17.9 Å². The van der Waals surface area contributed by atoms with Crippen LogP contribution in [0.15, 0.2) is 24.3 Å². The van der Waals surface area contributed by atoms with E-state index in [2.05, 4.69) is 5.32 Å². The summed E-state index contributed by atoms with van der Waals surface area (Å²) in [4.78, 5) is 22.8. The van der Waals surface area contributed by atoms with Crippen molar-refractivity contribution in [1.82, 2.24) is 5.32 Å². The molecule has 1 amide bonds. The van der Waals surface area contributed by atoms with Gasteiger partial charge < -0.3 is 10.4 Å². The zero-order valence-corrected chi connectivity index (χ0v) is 13.1. The molecule has 1 aromatic carbocycles. The fourth-order valence-corrected chi connectivity index (χ4v) is 2.16. The van der Waals surface area contributed by atoms with Crippen LogP contribution in [0.25, 0.3) is 6.08 Å². The number of carbonyl (C=O) groups excluding carboxylic acids is 1. The molecule has 1 rings (SSSR count). The van der Waals surface area contributed by atoms with Gasteiger partial charge in [0.15, 0.2) is 0 Å². The van der Waals surface area contributed by atoms with Gasteiger partial charge in [0, 0.05) is 16.1 Å². The summed E-state index contributed by atoms with van der Waals surface area (Å²) in [6.45, 7) is 1.96. The van der Waals surface area contributed by atoms with Gasteiger partial charge in [0.2, 0.25) is 5.91 Å². The first-order chi connectivity index (χ1) is 9.93. The average Bonchev–Trinajstić information content (AvgIpc) is 2.42. The molecule has 1 atom stereocenters. The van der Waals surface area contributed by atoms with Crippen molar-refractivity contribution in [2.45, 2.75) is 32.2 Å². The number of amides is 1. The number of carbonyl (C=O) groups is 2. The van der Waals surface area contributed by atoms with Crippen molar-refractivity contribution in [3.8, 4) is 0 Å². The standard InChI is InChI=1S/C15H17Cl2NO3/c1-2-3-4-13(15(20)21)18-14(19)8-6-10-5-7-11(16)9-12(10)17/h5-9,13H,2-4H2,1H3,(H,18,19)(H,20,21)/b8-6+. The van der Waals surface area contributed by atoms with Gasteiger partial charge in [-0.3, -0.25) is 4.79 Å². The highest BCUT2D eigenvalue weighted by Crippen LogP contribution is 2.21. The fourth-order valence-electron chi connectivity index (χ4n) is 1.69. The van der Waals surface area contributed by atoms with E-state index in [1.165, 1.54) is 12.2 Å². The lowest BCUT2D eigenvalue weighted by Crippen LogP contribution is -2.39. The van der Waals surface area contributed by atoms with E-state index in [0.717, 1.165) is 12.8 Å². The number of aliphatic carboxylic acids is 1. The largest absolute Gasteiger partial charge is 0.480 e. The molecule has 0 spiro atoms. The summed E-state index contributed by atoms with van der Waals surface area (Å²) in [6, 6.07) is 4.04. The molecule has 1 aromatic rings. The molecule has 6 heteroatoms. The van der Waals surface area contributed by atoms with Gasteiger partial charge in [0.05, 0.1) is 0 Å². The molecule has 0 fully saturated rings. The van der Waals surface area contributed by atoms with E-state index in [1.54, 1.807) is 18.2 Å².